The van der Waals surface area contributed by atoms with Gasteiger partial charge in [-0.2, -0.15) is 0 Å². The summed E-state index contributed by atoms with van der Waals surface area (Å²) < 4.78 is 5.54. The fourth-order valence-electron chi connectivity index (χ4n) is 1.56. The molecule has 0 heterocycles. The van der Waals surface area contributed by atoms with Crippen molar-refractivity contribution in [2.24, 2.45) is 0 Å². The number of benzene rings is 1. The minimum Gasteiger partial charge on any atom is -0.489 e. The van der Waals surface area contributed by atoms with Crippen LogP contribution in [0.3, 0.4) is 0 Å². The molecule has 1 aromatic carbocycles. The third-order valence-corrected chi connectivity index (χ3v) is 4.89. The van der Waals surface area contributed by atoms with E-state index in [1.54, 1.807) is 0 Å². The van der Waals surface area contributed by atoms with E-state index in [-0.39, 0.29) is 30.9 Å². The lowest BCUT2D eigenvalue weighted by Gasteiger charge is -2.14. The van der Waals surface area contributed by atoms with Gasteiger partial charge in [0.1, 0.15) is 16.7 Å². The van der Waals surface area contributed by atoms with E-state index in [0.29, 0.717) is 13.2 Å². The molecule has 0 saturated heterocycles. The van der Waals surface area contributed by atoms with Crippen molar-refractivity contribution < 1.29 is 4.74 Å². The van der Waals surface area contributed by atoms with E-state index in [4.69, 9.17) is 62.7 Å². The largest absolute Gasteiger partial charge is 0.489 e. The second-order valence-electron chi connectivity index (χ2n) is 4.20. The minimum absolute atomic E-state index is 0.133. The monoisotopic (exact) mass is 377 g/mol. The molecule has 0 aliphatic rings. The van der Waals surface area contributed by atoms with E-state index < -0.39 is 0 Å². The Hall–Kier alpha value is 0.430. The van der Waals surface area contributed by atoms with Crippen molar-refractivity contribution in [1.82, 2.24) is 5.32 Å². The molecule has 20 heavy (non-hydrogen) atoms. The summed E-state index contributed by atoms with van der Waals surface area (Å²) in [5, 5.41) is 4.05. The topological polar surface area (TPSA) is 21.3 Å². The van der Waals surface area contributed by atoms with E-state index in [9.17, 15) is 0 Å². The third-order valence-electron chi connectivity index (χ3n) is 2.65. The van der Waals surface area contributed by atoms with Crippen molar-refractivity contribution in [2.45, 2.75) is 26.2 Å². The molecule has 7 heteroatoms. The van der Waals surface area contributed by atoms with Crippen LogP contribution in [-0.4, -0.2) is 19.7 Å². The first-order chi connectivity index (χ1) is 9.50. The van der Waals surface area contributed by atoms with Gasteiger partial charge in [-0.25, -0.2) is 0 Å². The summed E-state index contributed by atoms with van der Waals surface area (Å²) >= 11 is 29.9. The minimum atomic E-state index is 0.133. The molecule has 0 radical (unpaired) electrons. The van der Waals surface area contributed by atoms with Crippen LogP contribution in [0.4, 0.5) is 0 Å². The zero-order chi connectivity index (χ0) is 15.1. The van der Waals surface area contributed by atoms with Crippen LogP contribution in [0.5, 0.6) is 5.75 Å². The van der Waals surface area contributed by atoms with Gasteiger partial charge in [-0.1, -0.05) is 77.8 Å². The van der Waals surface area contributed by atoms with Crippen molar-refractivity contribution in [2.75, 3.05) is 19.7 Å². The van der Waals surface area contributed by atoms with Gasteiger partial charge >= 0.3 is 0 Å². The fourth-order valence-corrected chi connectivity index (χ4v) is 2.79. The van der Waals surface area contributed by atoms with Crippen LogP contribution in [0, 0.1) is 0 Å². The molecule has 0 amide bonds. The van der Waals surface area contributed by atoms with Gasteiger partial charge in [-0.3, -0.25) is 0 Å². The molecule has 0 atom stereocenters. The Kier molecular flexibility index (Phi) is 8.73. The highest BCUT2D eigenvalue weighted by Gasteiger charge is 2.20. The summed E-state index contributed by atoms with van der Waals surface area (Å²) in [6.07, 6.45) is 3.57. The van der Waals surface area contributed by atoms with Crippen LogP contribution < -0.4 is 10.1 Å². The van der Waals surface area contributed by atoms with Gasteiger partial charge in [-0.05, 0) is 13.0 Å². The number of hydrogen-bond donors (Lipinski definition) is 1. The van der Waals surface area contributed by atoms with Crippen molar-refractivity contribution >= 4 is 58.0 Å². The molecular weight excluding hydrogens is 363 g/mol. The quantitative estimate of drug-likeness (QED) is 0.334. The molecule has 2 nitrogen and oxygen atoms in total. The van der Waals surface area contributed by atoms with E-state index >= 15 is 0 Å². The summed E-state index contributed by atoms with van der Waals surface area (Å²) in [6, 6.07) is 0. The second kappa shape index (κ2) is 9.45. The summed E-state index contributed by atoms with van der Waals surface area (Å²) in [5.74, 6) is 0.267. The zero-order valence-corrected chi connectivity index (χ0v) is 14.8. The molecule has 0 unspecified atom stereocenters. The van der Waals surface area contributed by atoms with E-state index in [1.165, 1.54) is 12.8 Å². The molecular formula is C13H16Cl5NO. The smallest absolute Gasteiger partial charge is 0.159 e. The molecule has 114 valence electrons. The molecule has 0 fully saturated rings. The van der Waals surface area contributed by atoms with Crippen molar-refractivity contribution in [3.8, 4) is 5.75 Å². The molecule has 1 N–H and O–H groups in total. The van der Waals surface area contributed by atoms with E-state index in [2.05, 4.69) is 12.2 Å². The second-order valence-corrected chi connectivity index (χ2v) is 6.09. The first-order valence-corrected chi connectivity index (χ1v) is 8.24. The van der Waals surface area contributed by atoms with Gasteiger partial charge in [0.15, 0.2) is 5.75 Å². The maximum atomic E-state index is 6.05. The van der Waals surface area contributed by atoms with Crippen molar-refractivity contribution in [3.63, 3.8) is 0 Å². The lowest BCUT2D eigenvalue weighted by molar-refractivity contribution is 0.314. The zero-order valence-electron chi connectivity index (χ0n) is 11.0. The highest BCUT2D eigenvalue weighted by Crippen LogP contribution is 2.48. The highest BCUT2D eigenvalue weighted by molar-refractivity contribution is 6.55. The lowest BCUT2D eigenvalue weighted by atomic mass is 10.2. The van der Waals surface area contributed by atoms with Crippen LogP contribution in [0.1, 0.15) is 26.2 Å². The maximum absolute atomic E-state index is 6.05. The molecule has 0 bridgehead atoms. The Morgan fingerprint density at radius 3 is 1.90 bits per heavy atom. The van der Waals surface area contributed by atoms with Crippen LogP contribution in [-0.2, 0) is 0 Å². The third kappa shape index (κ3) is 5.01. The normalized spacial score (nSPS) is 10.9. The SMILES string of the molecule is CCCCCNCCOc1c(Cl)c(Cl)c(Cl)c(Cl)c1Cl. The summed E-state index contributed by atoms with van der Waals surface area (Å²) in [7, 11) is 0. The average Bonchev–Trinajstić information content (AvgIpc) is 2.45. The Morgan fingerprint density at radius 1 is 0.800 bits per heavy atom. The predicted octanol–water partition coefficient (Wildman–Crippen LogP) is 6.11. The van der Waals surface area contributed by atoms with E-state index in [1.807, 2.05) is 0 Å². The number of nitrogens with one attached hydrogen (secondary N) is 1. The molecule has 0 saturated carbocycles. The maximum Gasteiger partial charge on any atom is 0.159 e. The summed E-state index contributed by atoms with van der Waals surface area (Å²) in [5.41, 5.74) is 0. The number of ether oxygens (including phenoxy) is 1. The molecule has 0 aliphatic heterocycles. The average molecular weight is 380 g/mol. The van der Waals surface area contributed by atoms with E-state index in [0.717, 1.165) is 13.0 Å². The number of rotatable bonds is 8. The van der Waals surface area contributed by atoms with Crippen LogP contribution in [0.25, 0.3) is 0 Å². The van der Waals surface area contributed by atoms with Gasteiger partial charge in [0.2, 0.25) is 0 Å². The first-order valence-electron chi connectivity index (χ1n) is 6.35. The van der Waals surface area contributed by atoms with Crippen LogP contribution in [0.2, 0.25) is 25.1 Å². The Morgan fingerprint density at radius 2 is 1.35 bits per heavy atom. The molecule has 0 spiro atoms. The Balaban J connectivity index is 2.52. The summed E-state index contributed by atoms with van der Waals surface area (Å²) in [4.78, 5) is 0. The van der Waals surface area contributed by atoms with Gasteiger partial charge in [0, 0.05) is 6.54 Å². The molecule has 0 aromatic heterocycles. The Labute approximate surface area is 144 Å². The Bertz CT molecular complexity index is 424. The number of halogens is 5. The fraction of sp³-hybridized carbons (Fsp3) is 0.538. The number of unbranched alkanes of at least 4 members (excludes halogenated alkanes) is 2. The molecule has 1 aromatic rings. The first kappa shape index (κ1) is 18.5. The predicted molar refractivity (Wildman–Crippen MR) is 89.4 cm³/mol. The molecule has 1 rings (SSSR count). The van der Waals surface area contributed by atoms with Gasteiger partial charge in [0.25, 0.3) is 0 Å². The number of hydrogen-bond acceptors (Lipinski definition) is 2. The van der Waals surface area contributed by atoms with Gasteiger partial charge in [0.05, 0.1) is 15.1 Å². The van der Waals surface area contributed by atoms with Crippen LogP contribution >= 0.6 is 58.0 Å². The van der Waals surface area contributed by atoms with Gasteiger partial charge < -0.3 is 10.1 Å². The van der Waals surface area contributed by atoms with Crippen LogP contribution in [0.15, 0.2) is 0 Å². The molecule has 0 aliphatic carbocycles. The van der Waals surface area contributed by atoms with Crippen molar-refractivity contribution in [3.05, 3.63) is 25.1 Å². The standard InChI is InChI=1S/C13H16Cl5NO/c1-2-3-4-5-19-6-7-20-13-11(17)9(15)8(14)10(16)12(13)18/h19H,2-7H2,1H3. The van der Waals surface area contributed by atoms with Gasteiger partial charge in [-0.15, -0.1) is 0 Å². The lowest BCUT2D eigenvalue weighted by Crippen LogP contribution is -2.22. The summed E-state index contributed by atoms with van der Waals surface area (Å²) in [6.45, 7) is 4.23. The van der Waals surface area contributed by atoms with Crippen molar-refractivity contribution in [1.29, 1.82) is 0 Å². The highest BCUT2D eigenvalue weighted by atomic mass is 35.5.